The third-order valence-corrected chi connectivity index (χ3v) is 6.06. The monoisotopic (exact) mass is 438 g/mol. The van der Waals surface area contributed by atoms with Crippen LogP contribution in [0.15, 0.2) is 24.3 Å². The fraction of sp³-hybridized carbons (Fsp3) is 0.778. The Morgan fingerprint density at radius 3 is 1.81 bits per heavy atom. The molecule has 3 nitrogen and oxygen atoms in total. The molecular weight excluding hydrogens is 391 g/mol. The molecule has 1 rings (SSSR count). The van der Waals surface area contributed by atoms with E-state index in [1.807, 2.05) is 26.0 Å². The molecule has 0 fully saturated rings. The minimum Gasteiger partial charge on any atom is -0.331 e. The summed E-state index contributed by atoms with van der Waals surface area (Å²) in [5.41, 5.74) is 1.21. The van der Waals surface area contributed by atoms with Crippen LogP contribution in [0.4, 0.5) is 4.39 Å². The lowest BCUT2D eigenvalue weighted by Gasteiger charge is -2.39. The van der Waals surface area contributed by atoms with Crippen molar-refractivity contribution >= 4 is 0 Å². The van der Waals surface area contributed by atoms with Gasteiger partial charge < -0.3 is 14.2 Å². The van der Waals surface area contributed by atoms with Crippen LogP contribution in [0.2, 0.25) is 0 Å². The van der Waals surface area contributed by atoms with Crippen molar-refractivity contribution in [1.82, 2.24) is 0 Å². The van der Waals surface area contributed by atoms with Crippen molar-refractivity contribution < 1.29 is 18.6 Å². The average molecular weight is 439 g/mol. The number of ether oxygens (including phenoxy) is 3. The molecule has 0 aliphatic rings. The highest BCUT2D eigenvalue weighted by molar-refractivity contribution is 5.15. The van der Waals surface area contributed by atoms with Crippen LogP contribution in [0.25, 0.3) is 0 Å². The predicted molar refractivity (Wildman–Crippen MR) is 128 cm³/mol. The number of methoxy groups -OCH3 is 2. The number of rotatable bonds is 19. The molecule has 1 unspecified atom stereocenters. The third kappa shape index (κ3) is 11.5. The molecule has 0 aromatic heterocycles. The van der Waals surface area contributed by atoms with E-state index in [1.165, 1.54) is 56.9 Å². The van der Waals surface area contributed by atoms with Gasteiger partial charge in [-0.15, -0.1) is 0 Å². The van der Waals surface area contributed by atoms with E-state index in [2.05, 4.69) is 6.92 Å². The Hall–Kier alpha value is -0.970. The first-order chi connectivity index (χ1) is 15.0. The van der Waals surface area contributed by atoms with Crippen LogP contribution in [-0.2, 0) is 20.6 Å². The van der Waals surface area contributed by atoms with E-state index in [1.54, 1.807) is 26.4 Å². The van der Waals surface area contributed by atoms with Crippen molar-refractivity contribution in [3.8, 4) is 0 Å². The summed E-state index contributed by atoms with van der Waals surface area (Å²) in [7, 11) is 3.39. The van der Waals surface area contributed by atoms with E-state index in [0.29, 0.717) is 0 Å². The van der Waals surface area contributed by atoms with Crippen molar-refractivity contribution in [1.29, 1.82) is 0 Å². The molecule has 0 spiro atoms. The van der Waals surface area contributed by atoms with E-state index in [9.17, 15) is 4.39 Å². The van der Waals surface area contributed by atoms with Gasteiger partial charge in [0.05, 0.1) is 6.10 Å². The molecule has 0 aliphatic heterocycles. The molecule has 1 atom stereocenters. The van der Waals surface area contributed by atoms with Gasteiger partial charge in [0.2, 0.25) is 0 Å². The predicted octanol–water partition coefficient (Wildman–Crippen LogP) is 8.06. The maximum Gasteiger partial charge on any atom is 0.285 e. The summed E-state index contributed by atoms with van der Waals surface area (Å²) in [4.78, 5) is 0. The van der Waals surface area contributed by atoms with Gasteiger partial charge in [-0.05, 0) is 57.2 Å². The highest BCUT2D eigenvalue weighted by Crippen LogP contribution is 2.34. The lowest BCUT2D eigenvalue weighted by Crippen LogP contribution is -2.46. The molecular formula is C27H47FO3. The Labute approximate surface area is 191 Å². The molecule has 0 heterocycles. The number of hydrogen-bond acceptors (Lipinski definition) is 3. The van der Waals surface area contributed by atoms with Crippen molar-refractivity contribution in [2.24, 2.45) is 5.92 Å². The van der Waals surface area contributed by atoms with Crippen LogP contribution in [0.5, 0.6) is 0 Å². The first-order valence-electron chi connectivity index (χ1n) is 12.5. The van der Waals surface area contributed by atoms with Gasteiger partial charge in [-0.25, -0.2) is 4.39 Å². The quantitative estimate of drug-likeness (QED) is 0.161. The van der Waals surface area contributed by atoms with Gasteiger partial charge in [-0.1, -0.05) is 76.8 Å². The Morgan fingerprint density at radius 1 is 0.774 bits per heavy atom. The number of benzene rings is 1. The van der Waals surface area contributed by atoms with Gasteiger partial charge >= 0.3 is 0 Å². The van der Waals surface area contributed by atoms with E-state index in [-0.39, 0.29) is 17.8 Å². The first-order valence-corrected chi connectivity index (χ1v) is 12.5. The van der Waals surface area contributed by atoms with Crippen molar-refractivity contribution in [3.63, 3.8) is 0 Å². The molecule has 0 radical (unpaired) electrons. The fourth-order valence-corrected chi connectivity index (χ4v) is 4.33. The van der Waals surface area contributed by atoms with Crippen LogP contribution in [0.1, 0.15) is 103 Å². The van der Waals surface area contributed by atoms with E-state index in [4.69, 9.17) is 14.2 Å². The molecule has 0 saturated heterocycles. The van der Waals surface area contributed by atoms with Crippen LogP contribution in [0, 0.1) is 11.7 Å². The standard InChI is InChI=1S/C27H47FO3/c1-6-7-8-9-10-14-17-25(27(29-4,30-5)31-23(2)3)18-15-12-11-13-16-24-19-21-26(28)22-20-24/h19-23,25H,6-18H2,1-5H3. The zero-order chi connectivity index (χ0) is 23.0. The van der Waals surface area contributed by atoms with Gasteiger partial charge in [0.1, 0.15) is 5.82 Å². The summed E-state index contributed by atoms with van der Waals surface area (Å²) in [6.07, 6.45) is 15.5. The second-order valence-electron chi connectivity index (χ2n) is 9.01. The molecule has 4 heteroatoms. The zero-order valence-corrected chi connectivity index (χ0v) is 20.8. The molecule has 0 bridgehead atoms. The van der Waals surface area contributed by atoms with Crippen LogP contribution < -0.4 is 0 Å². The summed E-state index contributed by atoms with van der Waals surface area (Å²) in [5.74, 6) is -0.886. The molecule has 1 aromatic rings. The highest BCUT2D eigenvalue weighted by Gasteiger charge is 2.41. The second kappa shape index (κ2) is 16.6. The van der Waals surface area contributed by atoms with Crippen LogP contribution in [0.3, 0.4) is 0 Å². The van der Waals surface area contributed by atoms with Gasteiger partial charge in [0.15, 0.2) is 0 Å². The van der Waals surface area contributed by atoms with Crippen LogP contribution in [-0.4, -0.2) is 26.3 Å². The average Bonchev–Trinajstić information content (AvgIpc) is 2.76. The van der Waals surface area contributed by atoms with Gasteiger partial charge in [0.25, 0.3) is 5.97 Å². The number of aryl methyl sites for hydroxylation is 1. The number of hydrogen-bond donors (Lipinski definition) is 0. The minimum atomic E-state index is -0.953. The molecule has 31 heavy (non-hydrogen) atoms. The topological polar surface area (TPSA) is 27.7 Å². The summed E-state index contributed by atoms with van der Waals surface area (Å²) in [6.45, 7) is 6.32. The molecule has 0 aliphatic carbocycles. The van der Waals surface area contributed by atoms with Crippen molar-refractivity contribution in [2.75, 3.05) is 14.2 Å². The van der Waals surface area contributed by atoms with Gasteiger partial charge in [0, 0.05) is 20.1 Å². The van der Waals surface area contributed by atoms with E-state index < -0.39 is 5.97 Å². The summed E-state index contributed by atoms with van der Waals surface area (Å²) >= 11 is 0. The molecule has 0 saturated carbocycles. The SMILES string of the molecule is CCCCCCCCC(CCCCCCc1ccc(F)cc1)C(OC)(OC)OC(C)C. The number of halogens is 1. The van der Waals surface area contributed by atoms with E-state index in [0.717, 1.165) is 32.1 Å². The molecule has 0 N–H and O–H groups in total. The summed E-state index contributed by atoms with van der Waals surface area (Å²) in [6, 6.07) is 6.87. The maximum absolute atomic E-state index is 13.0. The molecule has 180 valence electrons. The summed E-state index contributed by atoms with van der Waals surface area (Å²) in [5, 5.41) is 0. The van der Waals surface area contributed by atoms with Crippen LogP contribution >= 0.6 is 0 Å². The maximum atomic E-state index is 13.0. The van der Waals surface area contributed by atoms with Crippen molar-refractivity contribution in [3.05, 3.63) is 35.6 Å². The van der Waals surface area contributed by atoms with Gasteiger partial charge in [-0.2, -0.15) is 0 Å². The summed E-state index contributed by atoms with van der Waals surface area (Å²) < 4.78 is 30.8. The Balaban J connectivity index is 2.48. The Morgan fingerprint density at radius 2 is 1.29 bits per heavy atom. The highest BCUT2D eigenvalue weighted by atomic mass is 19.1. The molecule has 1 aromatic carbocycles. The molecule has 0 amide bonds. The smallest absolute Gasteiger partial charge is 0.285 e. The van der Waals surface area contributed by atoms with Crippen molar-refractivity contribution in [2.45, 2.75) is 116 Å². The Bertz CT molecular complexity index is 540. The van der Waals surface area contributed by atoms with E-state index >= 15 is 0 Å². The largest absolute Gasteiger partial charge is 0.331 e. The second-order valence-corrected chi connectivity index (χ2v) is 9.01. The normalized spacial score (nSPS) is 13.1. The lowest BCUT2D eigenvalue weighted by atomic mass is 9.91. The lowest BCUT2D eigenvalue weighted by molar-refractivity contribution is -0.399. The minimum absolute atomic E-state index is 0.0441. The Kier molecular flexibility index (Phi) is 15.1. The zero-order valence-electron chi connectivity index (χ0n) is 20.8. The first kappa shape index (κ1) is 28.1. The number of unbranched alkanes of at least 4 members (excludes halogenated alkanes) is 8. The third-order valence-electron chi connectivity index (χ3n) is 6.06. The van der Waals surface area contributed by atoms with Gasteiger partial charge in [-0.3, -0.25) is 0 Å². The fourth-order valence-electron chi connectivity index (χ4n) is 4.33.